The van der Waals surface area contributed by atoms with Gasteiger partial charge in [0.05, 0.1) is 6.20 Å². The Morgan fingerprint density at radius 3 is 2.64 bits per heavy atom. The normalized spacial score (nSPS) is 12.3. The minimum Gasteiger partial charge on any atom is -0.326 e. The van der Waals surface area contributed by atoms with E-state index in [0.29, 0.717) is 0 Å². The molecule has 0 amide bonds. The molecule has 0 spiro atoms. The molecule has 0 aliphatic carbocycles. The number of halogens is 4. The number of alkyl halides is 3. The first-order valence-corrected chi connectivity index (χ1v) is 3.80. The Kier molecular flexibility index (Phi) is 1.84. The minimum absolute atomic E-state index is 0.0198. The predicted molar refractivity (Wildman–Crippen MR) is 41.7 cm³/mol. The Labute approximate surface area is 80.1 Å². The van der Waals surface area contributed by atoms with Gasteiger partial charge < -0.3 is 4.98 Å². The van der Waals surface area contributed by atoms with Gasteiger partial charge in [0.25, 0.3) is 0 Å². The van der Waals surface area contributed by atoms with Crippen LogP contribution in [0.3, 0.4) is 0 Å². The molecule has 2 rings (SSSR count). The fourth-order valence-electron chi connectivity index (χ4n) is 0.915. The second kappa shape index (κ2) is 2.81. The van der Waals surface area contributed by atoms with Crippen molar-refractivity contribution in [2.24, 2.45) is 0 Å². The molecule has 0 atom stereocenters. The molecule has 0 saturated heterocycles. The third-order valence-electron chi connectivity index (χ3n) is 1.46. The maximum Gasteiger partial charge on any atom is 0.451 e. The second-order valence-corrected chi connectivity index (χ2v) is 2.81. The molecule has 0 radical (unpaired) electrons. The van der Waals surface area contributed by atoms with Gasteiger partial charge in [-0.25, -0.2) is 9.97 Å². The third-order valence-corrected chi connectivity index (χ3v) is 1.64. The number of imidazole rings is 1. The van der Waals surface area contributed by atoms with Gasteiger partial charge in [-0.3, -0.25) is 0 Å². The summed E-state index contributed by atoms with van der Waals surface area (Å²) in [6.45, 7) is 0. The fraction of sp³-hybridized carbons (Fsp3) is 0.167. The van der Waals surface area contributed by atoms with E-state index in [1.165, 1.54) is 0 Å². The zero-order chi connectivity index (χ0) is 10.3. The summed E-state index contributed by atoms with van der Waals surface area (Å²) in [5.41, 5.74) is 0.167. The molecule has 74 valence electrons. The smallest absolute Gasteiger partial charge is 0.326 e. The molecule has 0 aliphatic heterocycles. The molecule has 2 heterocycles. The Bertz CT molecular complexity index is 477. The highest BCUT2D eigenvalue weighted by Crippen LogP contribution is 2.26. The van der Waals surface area contributed by atoms with Gasteiger partial charge in [-0.1, -0.05) is 0 Å². The molecule has 14 heavy (non-hydrogen) atoms. The fourth-order valence-corrected chi connectivity index (χ4v) is 1.10. The molecule has 2 aromatic rings. The minimum atomic E-state index is -4.57. The van der Waals surface area contributed by atoms with Crippen LogP contribution in [0.1, 0.15) is 5.82 Å². The lowest BCUT2D eigenvalue weighted by Gasteiger charge is -2.02. The van der Waals surface area contributed by atoms with Crippen molar-refractivity contribution in [1.29, 1.82) is 0 Å². The number of hydrogen-bond acceptors (Lipinski definition) is 3. The number of hydrogen-bond donors (Lipinski definition) is 1. The lowest BCUT2D eigenvalue weighted by Crippen LogP contribution is -2.10. The monoisotopic (exact) mass is 222 g/mol. The summed E-state index contributed by atoms with van der Waals surface area (Å²) in [4.78, 5) is 12.4. The van der Waals surface area contributed by atoms with Crippen LogP contribution in [0.15, 0.2) is 6.20 Å². The van der Waals surface area contributed by atoms with E-state index in [2.05, 4.69) is 19.9 Å². The first kappa shape index (κ1) is 9.20. The summed E-state index contributed by atoms with van der Waals surface area (Å²) in [6.07, 6.45) is -3.58. The average Bonchev–Trinajstić information content (AvgIpc) is 2.41. The maximum atomic E-state index is 12.1. The summed E-state index contributed by atoms with van der Waals surface area (Å²) in [5, 5.41) is -0.0198. The van der Waals surface area contributed by atoms with E-state index >= 15 is 0 Å². The molecule has 0 unspecified atom stereocenters. The van der Waals surface area contributed by atoms with Crippen molar-refractivity contribution < 1.29 is 13.2 Å². The number of nitrogens with one attached hydrogen (secondary N) is 1. The Hall–Kier alpha value is -1.37. The van der Waals surface area contributed by atoms with E-state index in [0.717, 1.165) is 6.20 Å². The van der Waals surface area contributed by atoms with Crippen LogP contribution in [0.25, 0.3) is 11.2 Å². The lowest BCUT2D eigenvalue weighted by atomic mass is 10.5. The van der Waals surface area contributed by atoms with E-state index < -0.39 is 12.0 Å². The van der Waals surface area contributed by atoms with Crippen molar-refractivity contribution >= 4 is 22.8 Å². The van der Waals surface area contributed by atoms with Crippen molar-refractivity contribution in [2.45, 2.75) is 6.18 Å². The third kappa shape index (κ3) is 1.50. The highest BCUT2D eigenvalue weighted by Gasteiger charge is 2.34. The van der Waals surface area contributed by atoms with Crippen molar-refractivity contribution in [3.63, 3.8) is 0 Å². The van der Waals surface area contributed by atoms with Gasteiger partial charge in [-0.05, 0) is 11.6 Å². The van der Waals surface area contributed by atoms with Crippen molar-refractivity contribution in [3.8, 4) is 0 Å². The number of rotatable bonds is 0. The summed E-state index contributed by atoms with van der Waals surface area (Å²) in [5.74, 6) is -1.23. The van der Waals surface area contributed by atoms with Gasteiger partial charge in [-0.2, -0.15) is 18.2 Å². The molecule has 1 N–H and O–H groups in total. The number of aromatic nitrogens is 4. The van der Waals surface area contributed by atoms with Crippen LogP contribution >= 0.6 is 11.6 Å². The molecule has 0 aliphatic rings. The van der Waals surface area contributed by atoms with Crippen LogP contribution in [0.5, 0.6) is 0 Å². The number of nitrogens with zero attached hydrogens (tertiary/aromatic N) is 3. The van der Waals surface area contributed by atoms with Crippen LogP contribution in [-0.4, -0.2) is 19.9 Å². The number of H-pyrrole nitrogens is 1. The topological polar surface area (TPSA) is 54.5 Å². The quantitative estimate of drug-likeness (QED) is 0.694. The summed E-state index contributed by atoms with van der Waals surface area (Å²) >= 11 is 5.43. The first-order valence-electron chi connectivity index (χ1n) is 3.42. The number of fused-ring (bicyclic) bond motifs is 1. The molecular formula is C6H2ClF3N4. The van der Waals surface area contributed by atoms with Crippen LogP contribution < -0.4 is 0 Å². The van der Waals surface area contributed by atoms with Crippen molar-refractivity contribution in [3.05, 3.63) is 17.3 Å². The molecule has 8 heteroatoms. The molecule has 0 saturated carbocycles. The second-order valence-electron chi connectivity index (χ2n) is 2.46. The SMILES string of the molecule is FC(F)(F)c1ncc2[nH]c(Cl)nc2n1. The Balaban J connectivity index is 2.62. The molecule has 0 fully saturated rings. The van der Waals surface area contributed by atoms with Crippen molar-refractivity contribution in [1.82, 2.24) is 19.9 Å². The summed E-state index contributed by atoms with van der Waals surface area (Å²) < 4.78 is 36.4. The maximum absolute atomic E-state index is 12.1. The highest BCUT2D eigenvalue weighted by atomic mass is 35.5. The molecule has 0 aromatic carbocycles. The van der Waals surface area contributed by atoms with Crippen LogP contribution in [0, 0.1) is 0 Å². The lowest BCUT2D eigenvalue weighted by molar-refractivity contribution is -0.144. The predicted octanol–water partition coefficient (Wildman–Crippen LogP) is 2.03. The molecule has 0 bridgehead atoms. The largest absolute Gasteiger partial charge is 0.451 e. The Morgan fingerprint density at radius 2 is 2.00 bits per heavy atom. The van der Waals surface area contributed by atoms with Crippen LogP contribution in [0.2, 0.25) is 5.28 Å². The van der Waals surface area contributed by atoms with Gasteiger partial charge in [0.1, 0.15) is 5.52 Å². The standard InChI is InChI=1S/C6H2ClF3N4/c7-5-12-2-1-11-4(6(8,9)10)13-3(2)14-5/h1H,(H,11,12,13,14). The van der Waals surface area contributed by atoms with E-state index in [4.69, 9.17) is 11.6 Å². The molecular weight excluding hydrogens is 221 g/mol. The van der Waals surface area contributed by atoms with E-state index in [-0.39, 0.29) is 16.4 Å². The van der Waals surface area contributed by atoms with Gasteiger partial charge in [-0.15, -0.1) is 0 Å². The van der Waals surface area contributed by atoms with Crippen molar-refractivity contribution in [2.75, 3.05) is 0 Å². The Morgan fingerprint density at radius 1 is 1.29 bits per heavy atom. The first-order chi connectivity index (χ1) is 6.47. The average molecular weight is 223 g/mol. The molecule has 2 aromatic heterocycles. The van der Waals surface area contributed by atoms with Gasteiger partial charge in [0, 0.05) is 0 Å². The van der Waals surface area contributed by atoms with Crippen LogP contribution in [0.4, 0.5) is 13.2 Å². The van der Waals surface area contributed by atoms with E-state index in [1.807, 2.05) is 0 Å². The summed E-state index contributed by atoms with van der Waals surface area (Å²) in [6, 6.07) is 0. The molecule has 4 nitrogen and oxygen atoms in total. The van der Waals surface area contributed by atoms with E-state index in [1.54, 1.807) is 0 Å². The van der Waals surface area contributed by atoms with Gasteiger partial charge in [0.2, 0.25) is 11.1 Å². The van der Waals surface area contributed by atoms with E-state index in [9.17, 15) is 13.2 Å². The zero-order valence-corrected chi connectivity index (χ0v) is 7.19. The summed E-state index contributed by atoms with van der Waals surface area (Å²) in [7, 11) is 0. The highest BCUT2D eigenvalue weighted by molar-refractivity contribution is 6.28. The van der Waals surface area contributed by atoms with Crippen LogP contribution in [-0.2, 0) is 6.18 Å². The number of aromatic amines is 1. The van der Waals surface area contributed by atoms with Gasteiger partial charge >= 0.3 is 6.18 Å². The zero-order valence-electron chi connectivity index (χ0n) is 6.43. The van der Waals surface area contributed by atoms with Gasteiger partial charge in [0.15, 0.2) is 5.65 Å².